The molecule has 5 rings (SSSR count). The molecule has 0 radical (unpaired) electrons. The van der Waals surface area contributed by atoms with Crippen molar-refractivity contribution in [3.8, 4) is 5.75 Å². The number of carboxylic acid groups (broad SMARTS) is 1. The molecule has 0 bridgehead atoms. The van der Waals surface area contributed by atoms with Crippen LogP contribution < -0.4 is 10.1 Å². The van der Waals surface area contributed by atoms with E-state index in [4.69, 9.17) is 9.84 Å². The molecular weight excluding hydrogens is 466 g/mol. The van der Waals surface area contributed by atoms with Crippen molar-refractivity contribution in [3.05, 3.63) is 77.4 Å². The van der Waals surface area contributed by atoms with Crippen LogP contribution in [0.2, 0.25) is 0 Å². The fourth-order valence-corrected chi connectivity index (χ4v) is 5.24. The number of amides is 1. The van der Waals surface area contributed by atoms with Gasteiger partial charge in [0.2, 0.25) is 0 Å². The van der Waals surface area contributed by atoms with Crippen LogP contribution in [0.5, 0.6) is 5.75 Å². The average molecular weight is 500 g/mol. The van der Waals surface area contributed by atoms with Crippen LogP contribution in [0.1, 0.15) is 83.6 Å². The largest absolute Gasteiger partial charge is 0.490 e. The summed E-state index contributed by atoms with van der Waals surface area (Å²) in [5.74, 6) is 0.276. The molecule has 0 unspecified atom stereocenters. The number of carbonyl (C=O) groups is 3. The van der Waals surface area contributed by atoms with E-state index in [0.717, 1.165) is 18.2 Å². The van der Waals surface area contributed by atoms with Gasteiger partial charge in [-0.25, -0.2) is 0 Å². The second-order valence-corrected chi connectivity index (χ2v) is 10.3. The standard InChI is InChI=1S/C31H33NO5/c33-29(21-8-13-25(14-9-21)37-26-15-10-22(11-16-26)31(35)36)5-2-18-32-30(34)24-12-17-28-23(19-24)3-1-4-27(28)20-6-7-20/h1,3-4,8-9,12-14,17,19-20,22,26H,2,5-7,10-11,15-16,18H2,(H,32,34)(H,35,36). The van der Waals surface area contributed by atoms with Gasteiger partial charge in [-0.3, -0.25) is 14.4 Å². The second kappa shape index (κ2) is 11.2. The van der Waals surface area contributed by atoms with Crippen LogP contribution in [0.25, 0.3) is 10.8 Å². The summed E-state index contributed by atoms with van der Waals surface area (Å²) in [6.07, 6.45) is 6.14. The van der Waals surface area contributed by atoms with Gasteiger partial charge in [0.1, 0.15) is 5.75 Å². The Bertz CT molecular complexity index is 1290. The quantitative estimate of drug-likeness (QED) is 0.258. The number of ether oxygens (including phenoxy) is 1. The van der Waals surface area contributed by atoms with E-state index in [9.17, 15) is 14.4 Å². The van der Waals surface area contributed by atoms with Crippen LogP contribution in [-0.2, 0) is 4.79 Å². The van der Waals surface area contributed by atoms with E-state index in [1.54, 1.807) is 24.3 Å². The number of hydrogen-bond acceptors (Lipinski definition) is 4. The molecule has 37 heavy (non-hydrogen) atoms. The van der Waals surface area contributed by atoms with Gasteiger partial charge in [0.15, 0.2) is 5.78 Å². The first-order valence-corrected chi connectivity index (χ1v) is 13.3. The first-order chi connectivity index (χ1) is 18.0. The molecule has 6 heteroatoms. The lowest BCUT2D eigenvalue weighted by Crippen LogP contribution is -2.27. The molecule has 2 saturated carbocycles. The van der Waals surface area contributed by atoms with Crippen molar-refractivity contribution < 1.29 is 24.2 Å². The number of nitrogens with one attached hydrogen (secondary N) is 1. The molecule has 192 valence electrons. The van der Waals surface area contributed by atoms with Crippen molar-refractivity contribution in [3.63, 3.8) is 0 Å². The number of Topliss-reactive ketones (excluding diaryl/α,β-unsaturated/α-hetero) is 1. The molecule has 0 spiro atoms. The van der Waals surface area contributed by atoms with Crippen LogP contribution in [-0.4, -0.2) is 35.4 Å². The minimum atomic E-state index is -0.725. The first kappa shape index (κ1) is 25.0. The van der Waals surface area contributed by atoms with Crippen LogP contribution in [0.4, 0.5) is 0 Å². The van der Waals surface area contributed by atoms with Gasteiger partial charge in [-0.2, -0.15) is 0 Å². The van der Waals surface area contributed by atoms with Crippen molar-refractivity contribution in [2.45, 2.75) is 63.4 Å². The predicted octanol–water partition coefficient (Wildman–Crippen LogP) is 6.13. The van der Waals surface area contributed by atoms with Crippen molar-refractivity contribution in [1.29, 1.82) is 0 Å². The van der Waals surface area contributed by atoms with Crippen LogP contribution in [0.3, 0.4) is 0 Å². The Labute approximate surface area is 217 Å². The third-order valence-electron chi connectivity index (χ3n) is 7.56. The van der Waals surface area contributed by atoms with E-state index < -0.39 is 5.97 Å². The van der Waals surface area contributed by atoms with Crippen LogP contribution in [0, 0.1) is 5.92 Å². The summed E-state index contributed by atoms with van der Waals surface area (Å²) in [5, 5.41) is 14.4. The predicted molar refractivity (Wildman–Crippen MR) is 142 cm³/mol. The molecule has 0 heterocycles. The van der Waals surface area contributed by atoms with Gasteiger partial charge in [-0.15, -0.1) is 0 Å². The molecule has 0 aromatic heterocycles. The van der Waals surface area contributed by atoms with Gasteiger partial charge in [0, 0.05) is 24.1 Å². The third kappa shape index (κ3) is 6.19. The molecule has 2 aliphatic carbocycles. The van der Waals surface area contributed by atoms with Crippen molar-refractivity contribution in [2.75, 3.05) is 6.54 Å². The SMILES string of the molecule is O=C(CCCNC(=O)c1ccc2c(C3CC3)cccc2c1)c1ccc(OC2CCC(C(=O)O)CC2)cc1. The normalized spacial score (nSPS) is 19.4. The van der Waals surface area contributed by atoms with Gasteiger partial charge in [0.25, 0.3) is 5.91 Å². The Hall–Kier alpha value is -3.67. The van der Waals surface area contributed by atoms with Crippen molar-refractivity contribution in [1.82, 2.24) is 5.32 Å². The van der Waals surface area contributed by atoms with E-state index in [1.807, 2.05) is 12.1 Å². The molecule has 0 aliphatic heterocycles. The van der Waals surface area contributed by atoms with Gasteiger partial charge in [-0.05, 0) is 104 Å². The zero-order valence-corrected chi connectivity index (χ0v) is 20.9. The molecule has 0 saturated heterocycles. The van der Waals surface area contributed by atoms with Crippen LogP contribution in [0.15, 0.2) is 60.7 Å². The highest BCUT2D eigenvalue weighted by molar-refractivity contribution is 5.99. The number of aliphatic carboxylic acids is 1. The van der Waals surface area contributed by atoms with E-state index in [1.165, 1.54) is 23.8 Å². The zero-order chi connectivity index (χ0) is 25.8. The summed E-state index contributed by atoms with van der Waals surface area (Å²) >= 11 is 0. The summed E-state index contributed by atoms with van der Waals surface area (Å²) in [6, 6.07) is 19.3. The van der Waals surface area contributed by atoms with Gasteiger partial charge < -0.3 is 15.2 Å². The van der Waals surface area contributed by atoms with Crippen molar-refractivity contribution in [2.24, 2.45) is 5.92 Å². The molecule has 3 aromatic carbocycles. The highest BCUT2D eigenvalue weighted by Gasteiger charge is 2.27. The Morgan fingerprint density at radius 1 is 0.865 bits per heavy atom. The monoisotopic (exact) mass is 499 g/mol. The summed E-state index contributed by atoms with van der Waals surface area (Å²) in [4.78, 5) is 36.3. The van der Waals surface area contributed by atoms with Gasteiger partial charge in [0.05, 0.1) is 12.0 Å². The molecule has 3 aromatic rings. The average Bonchev–Trinajstić information content (AvgIpc) is 3.76. The number of fused-ring (bicyclic) bond motifs is 1. The van der Waals surface area contributed by atoms with Gasteiger partial charge >= 0.3 is 5.97 Å². The first-order valence-electron chi connectivity index (χ1n) is 13.3. The van der Waals surface area contributed by atoms with E-state index in [-0.39, 0.29) is 23.7 Å². The number of carboxylic acids is 1. The fraction of sp³-hybridized carbons (Fsp3) is 0.387. The Morgan fingerprint density at radius 2 is 1.59 bits per heavy atom. The summed E-state index contributed by atoms with van der Waals surface area (Å²) in [6.45, 7) is 0.435. The molecule has 2 aliphatic rings. The fourth-order valence-electron chi connectivity index (χ4n) is 5.24. The smallest absolute Gasteiger partial charge is 0.306 e. The summed E-state index contributed by atoms with van der Waals surface area (Å²) in [7, 11) is 0. The maximum atomic E-state index is 12.6. The lowest BCUT2D eigenvalue weighted by Gasteiger charge is -2.26. The highest BCUT2D eigenvalue weighted by Crippen LogP contribution is 2.43. The number of carbonyl (C=O) groups excluding carboxylic acids is 2. The van der Waals surface area contributed by atoms with Crippen molar-refractivity contribution >= 4 is 28.4 Å². The lowest BCUT2D eigenvalue weighted by atomic mass is 9.87. The summed E-state index contributed by atoms with van der Waals surface area (Å²) in [5.41, 5.74) is 2.64. The van der Waals surface area contributed by atoms with Crippen LogP contribution >= 0.6 is 0 Å². The summed E-state index contributed by atoms with van der Waals surface area (Å²) < 4.78 is 5.98. The highest BCUT2D eigenvalue weighted by atomic mass is 16.5. The third-order valence-corrected chi connectivity index (χ3v) is 7.56. The van der Waals surface area contributed by atoms with E-state index in [0.29, 0.717) is 55.0 Å². The number of ketones is 1. The number of rotatable bonds is 10. The number of hydrogen-bond donors (Lipinski definition) is 2. The Balaban J connectivity index is 1.06. The maximum absolute atomic E-state index is 12.6. The second-order valence-electron chi connectivity index (χ2n) is 10.3. The van der Waals surface area contributed by atoms with E-state index >= 15 is 0 Å². The molecule has 2 fully saturated rings. The molecule has 6 nitrogen and oxygen atoms in total. The van der Waals surface area contributed by atoms with Gasteiger partial charge in [-0.1, -0.05) is 24.3 Å². The Morgan fingerprint density at radius 3 is 2.30 bits per heavy atom. The Kier molecular flexibility index (Phi) is 7.54. The lowest BCUT2D eigenvalue weighted by molar-refractivity contribution is -0.143. The van der Waals surface area contributed by atoms with E-state index in [2.05, 4.69) is 29.6 Å². The number of benzene rings is 3. The minimum absolute atomic E-state index is 0.0172. The topological polar surface area (TPSA) is 92.7 Å². The minimum Gasteiger partial charge on any atom is -0.490 e. The maximum Gasteiger partial charge on any atom is 0.306 e. The molecule has 0 atom stereocenters. The molecule has 2 N–H and O–H groups in total. The molecular formula is C31H33NO5. The molecule has 1 amide bonds. The zero-order valence-electron chi connectivity index (χ0n) is 20.9.